The maximum atomic E-state index is 10.8. The van der Waals surface area contributed by atoms with Gasteiger partial charge in [-0.15, -0.1) is 0 Å². The average Bonchev–Trinajstić information content (AvgIpc) is 2.95. The normalized spacial score (nSPS) is 11.2. The number of pyridine rings is 1. The number of hydrogen-bond acceptors (Lipinski definition) is 3. The van der Waals surface area contributed by atoms with E-state index < -0.39 is 5.91 Å². The molecular weight excluding hydrogens is 288 g/mol. The highest BCUT2D eigenvalue weighted by atomic mass is 16.1. The van der Waals surface area contributed by atoms with Gasteiger partial charge < -0.3 is 11.1 Å². The number of nitrogens with two attached hydrogens (primary N) is 1. The van der Waals surface area contributed by atoms with Gasteiger partial charge in [0.1, 0.15) is 5.65 Å². The number of carbonyl (C=O) groups excluding carboxylic acids is 1. The Labute approximate surface area is 133 Å². The van der Waals surface area contributed by atoms with Gasteiger partial charge in [-0.1, -0.05) is 23.8 Å². The van der Waals surface area contributed by atoms with Crippen molar-refractivity contribution >= 4 is 17.3 Å². The van der Waals surface area contributed by atoms with Gasteiger partial charge in [-0.3, -0.25) is 9.20 Å². The number of aromatic nitrogens is 2. The largest absolute Gasteiger partial charge is 0.366 e. The maximum absolute atomic E-state index is 10.8. The van der Waals surface area contributed by atoms with Crippen LogP contribution in [0.4, 0.5) is 0 Å². The summed E-state index contributed by atoms with van der Waals surface area (Å²) in [7, 11) is 0. The molecule has 114 valence electrons. The van der Waals surface area contributed by atoms with E-state index in [-0.39, 0.29) is 5.71 Å². The number of fused-ring (bicyclic) bond motifs is 1. The number of amides is 1. The number of allylic oxidation sites excluding steroid dienone is 1. The molecule has 0 radical (unpaired) electrons. The Morgan fingerprint density at radius 2 is 2.09 bits per heavy atom. The summed E-state index contributed by atoms with van der Waals surface area (Å²) in [4.78, 5) is 15.2. The van der Waals surface area contributed by atoms with Gasteiger partial charge in [0.25, 0.3) is 0 Å². The lowest BCUT2D eigenvalue weighted by atomic mass is 10.1. The van der Waals surface area contributed by atoms with Crippen molar-refractivity contribution in [2.75, 3.05) is 0 Å². The molecule has 1 aromatic carbocycles. The van der Waals surface area contributed by atoms with Crippen LogP contribution in [0.15, 0.2) is 60.9 Å². The summed E-state index contributed by atoms with van der Waals surface area (Å²) in [5, 5.41) is 7.97. The third-order valence-corrected chi connectivity index (χ3v) is 3.55. The van der Waals surface area contributed by atoms with Crippen LogP contribution in [0.5, 0.6) is 0 Å². The summed E-state index contributed by atoms with van der Waals surface area (Å²) < 4.78 is 1.98. The van der Waals surface area contributed by atoms with Crippen molar-refractivity contribution in [3.05, 3.63) is 72.1 Å². The number of nitrogens with one attached hydrogen (secondary N) is 1. The van der Waals surface area contributed by atoms with E-state index in [9.17, 15) is 4.79 Å². The Hall–Kier alpha value is -3.21. The first-order chi connectivity index (χ1) is 11.0. The third kappa shape index (κ3) is 3.03. The Morgan fingerprint density at radius 3 is 2.83 bits per heavy atom. The standard InChI is InChI=1S/C18H16N4O/c1-12-3-2-4-14(9-12)16-11-21-18-10-13(7-8-22(16)18)15(19)5-6-17(20)23/h2-11,19H,1H3,(H2,20,23)/b6-5-,19-15?. The van der Waals surface area contributed by atoms with Crippen molar-refractivity contribution in [2.24, 2.45) is 5.73 Å². The van der Waals surface area contributed by atoms with Crippen LogP contribution in [0.2, 0.25) is 0 Å². The summed E-state index contributed by atoms with van der Waals surface area (Å²) in [6.45, 7) is 2.05. The summed E-state index contributed by atoms with van der Waals surface area (Å²) in [6.07, 6.45) is 6.26. The summed E-state index contributed by atoms with van der Waals surface area (Å²) in [6, 6.07) is 11.9. The van der Waals surface area contributed by atoms with E-state index in [1.165, 1.54) is 17.7 Å². The van der Waals surface area contributed by atoms with Gasteiger partial charge >= 0.3 is 0 Å². The number of rotatable bonds is 4. The number of aryl methyl sites for hydroxylation is 1. The number of imidazole rings is 1. The highest BCUT2D eigenvalue weighted by Crippen LogP contribution is 2.22. The molecular formula is C18H16N4O. The molecule has 5 heteroatoms. The minimum absolute atomic E-state index is 0.214. The predicted octanol–water partition coefficient (Wildman–Crippen LogP) is 2.72. The number of primary amides is 1. The predicted molar refractivity (Wildman–Crippen MR) is 90.5 cm³/mol. The van der Waals surface area contributed by atoms with E-state index >= 15 is 0 Å². The van der Waals surface area contributed by atoms with E-state index in [0.29, 0.717) is 5.56 Å². The number of nitrogens with zero attached hydrogens (tertiary/aromatic N) is 2. The van der Waals surface area contributed by atoms with Gasteiger partial charge in [0, 0.05) is 23.4 Å². The SMILES string of the molecule is Cc1cccc(-c2cnc3cc(C(=N)/C=C\C(N)=O)ccn23)c1. The van der Waals surface area contributed by atoms with Gasteiger partial charge in [0.15, 0.2) is 0 Å². The lowest BCUT2D eigenvalue weighted by Gasteiger charge is -2.05. The molecule has 0 bridgehead atoms. The zero-order valence-corrected chi connectivity index (χ0v) is 12.7. The van der Waals surface area contributed by atoms with Crippen LogP contribution in [0.25, 0.3) is 16.9 Å². The minimum atomic E-state index is -0.571. The van der Waals surface area contributed by atoms with Crippen LogP contribution in [0.3, 0.4) is 0 Å². The van der Waals surface area contributed by atoms with Gasteiger partial charge in [-0.05, 0) is 31.2 Å². The molecule has 0 aliphatic rings. The molecule has 0 saturated heterocycles. The van der Waals surface area contributed by atoms with Gasteiger partial charge in [0.2, 0.25) is 5.91 Å². The second-order valence-electron chi connectivity index (χ2n) is 5.31. The molecule has 0 aliphatic carbocycles. The number of hydrogen-bond donors (Lipinski definition) is 2. The first-order valence-corrected chi connectivity index (χ1v) is 7.15. The van der Waals surface area contributed by atoms with Crippen molar-refractivity contribution in [3.63, 3.8) is 0 Å². The first-order valence-electron chi connectivity index (χ1n) is 7.15. The first kappa shape index (κ1) is 14.7. The second-order valence-corrected chi connectivity index (χ2v) is 5.31. The van der Waals surface area contributed by atoms with E-state index in [1.807, 2.05) is 41.1 Å². The fourth-order valence-electron chi connectivity index (χ4n) is 2.43. The molecule has 3 N–H and O–H groups in total. The van der Waals surface area contributed by atoms with Crippen molar-refractivity contribution in [2.45, 2.75) is 6.92 Å². The minimum Gasteiger partial charge on any atom is -0.366 e. The highest BCUT2D eigenvalue weighted by molar-refractivity contribution is 6.09. The van der Waals surface area contributed by atoms with Crippen molar-refractivity contribution < 1.29 is 4.79 Å². The van der Waals surface area contributed by atoms with Gasteiger partial charge in [0.05, 0.1) is 17.6 Å². The van der Waals surface area contributed by atoms with Gasteiger partial charge in [-0.25, -0.2) is 4.98 Å². The van der Waals surface area contributed by atoms with Crippen LogP contribution >= 0.6 is 0 Å². The van der Waals surface area contributed by atoms with E-state index in [4.69, 9.17) is 11.1 Å². The van der Waals surface area contributed by atoms with Crippen LogP contribution in [0.1, 0.15) is 11.1 Å². The van der Waals surface area contributed by atoms with E-state index in [0.717, 1.165) is 16.9 Å². The summed E-state index contributed by atoms with van der Waals surface area (Å²) >= 11 is 0. The Balaban J connectivity index is 2.00. The van der Waals surface area contributed by atoms with E-state index in [1.54, 1.807) is 0 Å². The maximum Gasteiger partial charge on any atom is 0.241 e. The molecule has 0 spiro atoms. The molecule has 0 atom stereocenters. The zero-order valence-electron chi connectivity index (χ0n) is 12.7. The van der Waals surface area contributed by atoms with Crippen LogP contribution in [-0.4, -0.2) is 21.0 Å². The van der Waals surface area contributed by atoms with Crippen LogP contribution < -0.4 is 5.73 Å². The fraction of sp³-hybridized carbons (Fsp3) is 0.0556. The molecule has 2 heterocycles. The Kier molecular flexibility index (Phi) is 3.76. The summed E-state index contributed by atoms with van der Waals surface area (Å²) in [5.41, 5.74) is 9.96. The molecule has 23 heavy (non-hydrogen) atoms. The van der Waals surface area contributed by atoms with Crippen LogP contribution in [-0.2, 0) is 4.79 Å². The fourth-order valence-corrected chi connectivity index (χ4v) is 2.43. The van der Waals surface area contributed by atoms with Crippen LogP contribution in [0, 0.1) is 12.3 Å². The zero-order chi connectivity index (χ0) is 16.4. The highest BCUT2D eigenvalue weighted by Gasteiger charge is 2.08. The molecule has 3 rings (SSSR count). The summed E-state index contributed by atoms with van der Waals surface area (Å²) in [5.74, 6) is -0.571. The smallest absolute Gasteiger partial charge is 0.241 e. The van der Waals surface area contributed by atoms with Crippen molar-refractivity contribution in [1.29, 1.82) is 5.41 Å². The molecule has 0 aliphatic heterocycles. The van der Waals surface area contributed by atoms with Gasteiger partial charge in [-0.2, -0.15) is 0 Å². The molecule has 1 amide bonds. The second kappa shape index (κ2) is 5.88. The third-order valence-electron chi connectivity index (χ3n) is 3.55. The van der Waals surface area contributed by atoms with Crippen molar-refractivity contribution in [3.8, 4) is 11.3 Å². The van der Waals surface area contributed by atoms with Crippen molar-refractivity contribution in [1.82, 2.24) is 9.38 Å². The lowest BCUT2D eigenvalue weighted by molar-refractivity contribution is -0.113. The monoisotopic (exact) mass is 304 g/mol. The molecule has 3 aromatic rings. The molecule has 2 aromatic heterocycles. The topological polar surface area (TPSA) is 84.2 Å². The quantitative estimate of drug-likeness (QED) is 0.573. The lowest BCUT2D eigenvalue weighted by Crippen LogP contribution is -2.07. The molecule has 5 nitrogen and oxygen atoms in total. The molecule has 0 saturated carbocycles. The average molecular weight is 304 g/mol. The number of carbonyl (C=O) groups is 1. The Bertz CT molecular complexity index is 937. The number of benzene rings is 1. The molecule has 0 fully saturated rings. The van der Waals surface area contributed by atoms with E-state index in [2.05, 4.69) is 24.0 Å². The Morgan fingerprint density at radius 1 is 1.26 bits per heavy atom. The molecule has 0 unspecified atom stereocenters.